The first-order chi connectivity index (χ1) is 15.3. The maximum absolute atomic E-state index is 13.5. The van der Waals surface area contributed by atoms with Crippen LogP contribution < -0.4 is 10.1 Å². The molecule has 4 rings (SSSR count). The summed E-state index contributed by atoms with van der Waals surface area (Å²) < 4.78 is 5.98. The van der Waals surface area contributed by atoms with Crippen LogP contribution in [0.25, 0.3) is 11.1 Å². The van der Waals surface area contributed by atoms with E-state index in [0.29, 0.717) is 30.5 Å². The maximum atomic E-state index is 13.5. The lowest BCUT2D eigenvalue weighted by molar-refractivity contribution is -0.128. The van der Waals surface area contributed by atoms with Crippen LogP contribution in [-0.4, -0.2) is 34.5 Å². The van der Waals surface area contributed by atoms with Gasteiger partial charge in [0.05, 0.1) is 0 Å². The predicted molar refractivity (Wildman–Crippen MR) is 128 cm³/mol. The standard InChI is InChI=1S/C26H28ClN3O2/c1-26(2,3)29-25(31)24-22-16-28-13-12-23(22)32-15-14-30(24)17-19-6-4-5-7-21(19)18-8-10-20(27)11-9-18/h4-13,16,24H,14-15,17H2,1-3H3,(H,29,31). The Kier molecular flexibility index (Phi) is 6.49. The van der Waals surface area contributed by atoms with Crippen molar-refractivity contribution in [3.8, 4) is 16.9 Å². The molecule has 0 spiro atoms. The number of nitrogens with zero attached hydrogens (tertiary/aromatic N) is 2. The summed E-state index contributed by atoms with van der Waals surface area (Å²) in [7, 11) is 0. The lowest BCUT2D eigenvalue weighted by Crippen LogP contribution is -2.47. The molecule has 166 valence electrons. The van der Waals surface area contributed by atoms with Gasteiger partial charge in [-0.05, 0) is 55.7 Å². The number of nitrogens with one attached hydrogen (secondary N) is 1. The first-order valence-corrected chi connectivity index (χ1v) is 11.2. The highest BCUT2D eigenvalue weighted by atomic mass is 35.5. The third kappa shape index (κ3) is 5.12. The molecule has 0 aliphatic carbocycles. The Morgan fingerprint density at radius 3 is 2.66 bits per heavy atom. The van der Waals surface area contributed by atoms with E-state index in [0.717, 1.165) is 22.3 Å². The molecule has 0 bridgehead atoms. The second-order valence-electron chi connectivity index (χ2n) is 9.04. The lowest BCUT2D eigenvalue weighted by Gasteiger charge is -2.32. The number of amides is 1. The Hall–Kier alpha value is -2.89. The number of fused-ring (bicyclic) bond motifs is 1. The monoisotopic (exact) mass is 449 g/mol. The minimum absolute atomic E-state index is 0.0544. The van der Waals surface area contributed by atoms with Crippen molar-refractivity contribution >= 4 is 17.5 Å². The molecule has 3 aromatic rings. The molecule has 1 amide bonds. The van der Waals surface area contributed by atoms with Gasteiger partial charge in [0, 0.05) is 41.6 Å². The minimum atomic E-state index is -0.501. The Balaban J connectivity index is 1.72. The molecule has 0 radical (unpaired) electrons. The number of benzene rings is 2. The average molecular weight is 450 g/mol. The first-order valence-electron chi connectivity index (χ1n) is 10.8. The van der Waals surface area contributed by atoms with Gasteiger partial charge in [-0.1, -0.05) is 48.0 Å². The highest BCUT2D eigenvalue weighted by Crippen LogP contribution is 2.34. The third-order valence-corrected chi connectivity index (χ3v) is 5.65. The zero-order valence-corrected chi connectivity index (χ0v) is 19.4. The van der Waals surface area contributed by atoms with Gasteiger partial charge in [0.15, 0.2) is 0 Å². The van der Waals surface area contributed by atoms with E-state index in [9.17, 15) is 4.79 Å². The van der Waals surface area contributed by atoms with Crippen molar-refractivity contribution < 1.29 is 9.53 Å². The molecular weight excluding hydrogens is 422 g/mol. The van der Waals surface area contributed by atoms with E-state index in [4.69, 9.17) is 16.3 Å². The average Bonchev–Trinajstić information content (AvgIpc) is 2.93. The number of rotatable bonds is 4. The van der Waals surface area contributed by atoms with Crippen LogP contribution >= 0.6 is 11.6 Å². The molecule has 6 heteroatoms. The Labute approximate surface area is 194 Å². The smallest absolute Gasteiger partial charge is 0.242 e. The van der Waals surface area contributed by atoms with Crippen LogP contribution in [0.1, 0.15) is 37.9 Å². The number of hydrogen-bond donors (Lipinski definition) is 1. The quantitative estimate of drug-likeness (QED) is 0.590. The maximum Gasteiger partial charge on any atom is 0.242 e. The summed E-state index contributed by atoms with van der Waals surface area (Å²) in [5.41, 5.74) is 3.79. The van der Waals surface area contributed by atoms with Crippen molar-refractivity contribution in [2.75, 3.05) is 13.2 Å². The molecule has 2 heterocycles. The molecule has 1 aromatic heterocycles. The fraction of sp³-hybridized carbons (Fsp3) is 0.308. The molecule has 0 fully saturated rings. The van der Waals surface area contributed by atoms with Gasteiger partial charge in [-0.15, -0.1) is 0 Å². The summed E-state index contributed by atoms with van der Waals surface area (Å²) >= 11 is 6.09. The predicted octanol–water partition coefficient (Wildman–Crippen LogP) is 5.25. The molecule has 1 unspecified atom stereocenters. The molecule has 1 atom stereocenters. The highest BCUT2D eigenvalue weighted by Gasteiger charge is 2.34. The van der Waals surface area contributed by atoms with E-state index in [1.165, 1.54) is 0 Å². The zero-order valence-electron chi connectivity index (χ0n) is 18.6. The lowest BCUT2D eigenvalue weighted by atomic mass is 9.97. The van der Waals surface area contributed by atoms with Gasteiger partial charge in [-0.25, -0.2) is 0 Å². The van der Waals surface area contributed by atoms with Crippen LogP contribution in [0.15, 0.2) is 67.0 Å². The third-order valence-electron chi connectivity index (χ3n) is 5.40. The largest absolute Gasteiger partial charge is 0.492 e. The summed E-state index contributed by atoms with van der Waals surface area (Å²) in [5.74, 6) is 0.656. The van der Waals surface area contributed by atoms with E-state index >= 15 is 0 Å². The van der Waals surface area contributed by atoms with Crippen LogP contribution in [0.5, 0.6) is 5.75 Å². The fourth-order valence-corrected chi connectivity index (χ4v) is 4.16. The van der Waals surface area contributed by atoms with Gasteiger partial charge >= 0.3 is 0 Å². The highest BCUT2D eigenvalue weighted by molar-refractivity contribution is 6.30. The van der Waals surface area contributed by atoms with Crippen LogP contribution in [0.4, 0.5) is 0 Å². The number of carbonyl (C=O) groups is 1. The van der Waals surface area contributed by atoms with Crippen LogP contribution in [-0.2, 0) is 11.3 Å². The number of aromatic nitrogens is 1. The normalized spacial score (nSPS) is 16.6. The molecule has 1 N–H and O–H groups in total. The molecular formula is C26H28ClN3O2. The van der Waals surface area contributed by atoms with Gasteiger partial charge in [0.2, 0.25) is 5.91 Å². The number of carbonyl (C=O) groups excluding carboxylic acids is 1. The van der Waals surface area contributed by atoms with Crippen molar-refractivity contribution in [2.24, 2.45) is 0 Å². The summed E-state index contributed by atoms with van der Waals surface area (Å²) in [5, 5.41) is 3.85. The van der Waals surface area contributed by atoms with Crippen molar-refractivity contribution in [3.05, 3.63) is 83.1 Å². The van der Waals surface area contributed by atoms with E-state index in [2.05, 4.69) is 27.3 Å². The van der Waals surface area contributed by atoms with Crippen molar-refractivity contribution in [2.45, 2.75) is 38.9 Å². The number of halogens is 1. The number of hydrogen-bond acceptors (Lipinski definition) is 4. The number of pyridine rings is 1. The molecule has 1 aliphatic heterocycles. The number of ether oxygens (including phenoxy) is 1. The molecule has 0 saturated heterocycles. The van der Waals surface area contributed by atoms with Crippen molar-refractivity contribution in [1.82, 2.24) is 15.2 Å². The Bertz CT molecular complexity index is 1090. The second kappa shape index (κ2) is 9.31. The zero-order chi connectivity index (χ0) is 22.7. The molecule has 1 aliphatic rings. The minimum Gasteiger partial charge on any atom is -0.492 e. The Morgan fingerprint density at radius 2 is 1.91 bits per heavy atom. The van der Waals surface area contributed by atoms with E-state index < -0.39 is 6.04 Å². The van der Waals surface area contributed by atoms with Crippen LogP contribution in [0, 0.1) is 0 Å². The van der Waals surface area contributed by atoms with Crippen LogP contribution in [0.2, 0.25) is 5.02 Å². The van der Waals surface area contributed by atoms with E-state index in [1.807, 2.05) is 63.2 Å². The van der Waals surface area contributed by atoms with E-state index in [1.54, 1.807) is 12.4 Å². The molecule has 5 nitrogen and oxygen atoms in total. The van der Waals surface area contributed by atoms with Crippen molar-refractivity contribution in [3.63, 3.8) is 0 Å². The first kappa shape index (κ1) is 22.3. The van der Waals surface area contributed by atoms with Gasteiger partial charge in [0.25, 0.3) is 0 Å². The Morgan fingerprint density at radius 1 is 1.16 bits per heavy atom. The van der Waals surface area contributed by atoms with Crippen molar-refractivity contribution in [1.29, 1.82) is 0 Å². The SMILES string of the molecule is CC(C)(C)NC(=O)C1c2cnccc2OCCN1Cc1ccccc1-c1ccc(Cl)cc1. The topological polar surface area (TPSA) is 54.5 Å². The molecule has 0 saturated carbocycles. The summed E-state index contributed by atoms with van der Waals surface area (Å²) in [6, 6.07) is 17.4. The fourth-order valence-electron chi connectivity index (χ4n) is 4.03. The summed E-state index contributed by atoms with van der Waals surface area (Å²) in [6.07, 6.45) is 3.44. The summed E-state index contributed by atoms with van der Waals surface area (Å²) in [4.78, 5) is 19.9. The summed E-state index contributed by atoms with van der Waals surface area (Å²) in [6.45, 7) is 7.68. The van der Waals surface area contributed by atoms with E-state index in [-0.39, 0.29) is 11.4 Å². The molecule has 2 aromatic carbocycles. The van der Waals surface area contributed by atoms with Crippen LogP contribution in [0.3, 0.4) is 0 Å². The second-order valence-corrected chi connectivity index (χ2v) is 9.47. The molecule has 32 heavy (non-hydrogen) atoms. The van der Waals surface area contributed by atoms with Gasteiger partial charge in [0.1, 0.15) is 18.4 Å². The van der Waals surface area contributed by atoms with Gasteiger partial charge in [-0.3, -0.25) is 14.7 Å². The van der Waals surface area contributed by atoms with Gasteiger partial charge in [-0.2, -0.15) is 0 Å². The van der Waals surface area contributed by atoms with Gasteiger partial charge < -0.3 is 10.1 Å².